The maximum absolute atomic E-state index is 13.0. The monoisotopic (exact) mass is 344 g/mol. The van der Waals surface area contributed by atoms with Gasteiger partial charge in [0.15, 0.2) is 5.79 Å². The first-order valence-corrected chi connectivity index (χ1v) is 9.20. The van der Waals surface area contributed by atoms with E-state index in [9.17, 15) is 4.79 Å². The number of fused-ring (bicyclic) bond motifs is 5. The molecule has 5 rings (SSSR count). The minimum Gasteiger partial charge on any atom is -0.366 e. The Morgan fingerprint density at radius 2 is 2.08 bits per heavy atom. The van der Waals surface area contributed by atoms with Gasteiger partial charge in [0.2, 0.25) is 0 Å². The normalized spacial score (nSPS) is 30.2. The van der Waals surface area contributed by atoms with Gasteiger partial charge >= 0.3 is 0 Å². The molecule has 0 aliphatic carbocycles. The van der Waals surface area contributed by atoms with Crippen LogP contribution >= 0.6 is 11.8 Å². The number of hydrogen-bond acceptors (Lipinski definition) is 5. The third kappa shape index (κ3) is 2.00. The van der Waals surface area contributed by atoms with E-state index in [1.165, 1.54) is 0 Å². The molecule has 5 nitrogen and oxygen atoms in total. The Kier molecular flexibility index (Phi) is 2.95. The lowest BCUT2D eigenvalue weighted by molar-refractivity contribution is -0.151. The number of rotatable bonds is 0. The second-order valence-corrected chi connectivity index (χ2v) is 8.32. The Balaban J connectivity index is 1.62. The van der Waals surface area contributed by atoms with Gasteiger partial charge in [-0.25, -0.2) is 0 Å². The summed E-state index contributed by atoms with van der Waals surface area (Å²) in [5.74, 6) is -0.452. The van der Waals surface area contributed by atoms with Crippen molar-refractivity contribution in [1.29, 1.82) is 0 Å². The third-order valence-corrected chi connectivity index (χ3v) is 6.27. The molecule has 24 heavy (non-hydrogen) atoms. The fourth-order valence-corrected chi connectivity index (χ4v) is 5.31. The van der Waals surface area contributed by atoms with Gasteiger partial charge in [-0.3, -0.25) is 9.69 Å². The molecule has 0 unspecified atom stereocenters. The molecule has 2 atom stereocenters. The van der Waals surface area contributed by atoms with Crippen LogP contribution in [-0.4, -0.2) is 53.3 Å². The lowest BCUT2D eigenvalue weighted by Crippen LogP contribution is -2.45. The predicted molar refractivity (Wildman–Crippen MR) is 90.5 cm³/mol. The fraction of sp³-hybridized carbons (Fsp3) is 0.500. The van der Waals surface area contributed by atoms with Crippen LogP contribution in [0.1, 0.15) is 29.8 Å². The zero-order valence-electron chi connectivity index (χ0n) is 14.0. The lowest BCUT2D eigenvalue weighted by atomic mass is 10.1. The van der Waals surface area contributed by atoms with E-state index in [-0.39, 0.29) is 18.1 Å². The highest BCUT2D eigenvalue weighted by molar-refractivity contribution is 8.03. The smallest absolute Gasteiger partial charge is 0.259 e. The summed E-state index contributed by atoms with van der Waals surface area (Å²) in [6, 6.07) is 6.12. The van der Waals surface area contributed by atoms with Crippen LogP contribution in [0, 0.1) is 6.92 Å². The fourth-order valence-electron chi connectivity index (χ4n) is 4.08. The van der Waals surface area contributed by atoms with Crippen molar-refractivity contribution in [3.8, 4) is 0 Å². The standard InChI is InChI=1S/C18H20N2O3S/c1-10-4-5-13-11(8-10)16(21)20-7-6-19-9-12-15(14(19)17(20)24-13)23-18(2,3)22-12/h4-5,8,12,15H,6-7,9H2,1-3H3/t12-,15-/m1/s1. The summed E-state index contributed by atoms with van der Waals surface area (Å²) >= 11 is 1.69. The number of benzene rings is 1. The molecule has 0 radical (unpaired) electrons. The summed E-state index contributed by atoms with van der Waals surface area (Å²) in [5.41, 5.74) is 3.06. The first-order chi connectivity index (χ1) is 11.4. The van der Waals surface area contributed by atoms with E-state index in [2.05, 4.69) is 17.0 Å². The number of ether oxygens (including phenoxy) is 2. The maximum atomic E-state index is 13.0. The average molecular weight is 344 g/mol. The highest BCUT2D eigenvalue weighted by Gasteiger charge is 2.53. The maximum Gasteiger partial charge on any atom is 0.259 e. The van der Waals surface area contributed by atoms with Crippen molar-refractivity contribution < 1.29 is 14.3 Å². The van der Waals surface area contributed by atoms with Gasteiger partial charge in [0.05, 0.1) is 11.3 Å². The van der Waals surface area contributed by atoms with Crippen LogP contribution in [0.5, 0.6) is 0 Å². The predicted octanol–water partition coefficient (Wildman–Crippen LogP) is 2.56. The summed E-state index contributed by atoms with van der Waals surface area (Å²) in [6.45, 7) is 8.35. The molecule has 0 N–H and O–H groups in total. The van der Waals surface area contributed by atoms with Crippen LogP contribution in [-0.2, 0) is 9.47 Å². The number of amides is 1. The zero-order valence-corrected chi connectivity index (χ0v) is 14.9. The quantitative estimate of drug-likeness (QED) is 0.724. The zero-order chi connectivity index (χ0) is 16.6. The van der Waals surface area contributed by atoms with Gasteiger partial charge in [0, 0.05) is 24.5 Å². The van der Waals surface area contributed by atoms with E-state index < -0.39 is 5.79 Å². The Bertz CT molecular complexity index is 788. The first-order valence-electron chi connectivity index (χ1n) is 8.38. The van der Waals surface area contributed by atoms with Gasteiger partial charge in [-0.1, -0.05) is 23.4 Å². The number of thioether (sulfide) groups is 1. The minimum absolute atomic E-state index is 0.0533. The topological polar surface area (TPSA) is 42.0 Å². The number of aryl methyl sites for hydroxylation is 1. The second kappa shape index (κ2) is 4.77. The Morgan fingerprint density at radius 3 is 2.92 bits per heavy atom. The van der Waals surface area contributed by atoms with E-state index >= 15 is 0 Å². The number of carbonyl (C=O) groups is 1. The van der Waals surface area contributed by atoms with Crippen LogP contribution in [0.4, 0.5) is 0 Å². The summed E-state index contributed by atoms with van der Waals surface area (Å²) in [4.78, 5) is 18.3. The van der Waals surface area contributed by atoms with E-state index in [0.29, 0.717) is 0 Å². The van der Waals surface area contributed by atoms with Crippen molar-refractivity contribution in [3.05, 3.63) is 40.1 Å². The van der Waals surface area contributed by atoms with Gasteiger partial charge in [-0.15, -0.1) is 0 Å². The molecular formula is C18H20N2O3S. The molecule has 4 heterocycles. The Labute approximate surface area is 145 Å². The number of nitrogens with zero attached hydrogens (tertiary/aromatic N) is 2. The molecule has 1 aromatic carbocycles. The molecule has 1 amide bonds. The summed E-state index contributed by atoms with van der Waals surface area (Å²) in [6.07, 6.45) is -0.0253. The molecular weight excluding hydrogens is 324 g/mol. The number of carbonyl (C=O) groups excluding carboxylic acids is 1. The number of hydrogen-bond donors (Lipinski definition) is 0. The molecule has 6 heteroatoms. The molecule has 1 aromatic rings. The Hall–Kier alpha value is -1.50. The van der Waals surface area contributed by atoms with E-state index in [4.69, 9.17) is 9.47 Å². The molecule has 0 spiro atoms. The SMILES string of the molecule is Cc1ccc2c(c1)C(=O)N1CCN3C[C@H]4OC(C)(C)O[C@H]4C3=C1S2. The molecule has 4 aliphatic rings. The summed E-state index contributed by atoms with van der Waals surface area (Å²) < 4.78 is 12.2. The molecule has 4 aliphatic heterocycles. The van der Waals surface area contributed by atoms with E-state index in [0.717, 1.165) is 46.4 Å². The highest BCUT2D eigenvalue weighted by atomic mass is 32.2. The van der Waals surface area contributed by atoms with E-state index in [1.54, 1.807) is 11.8 Å². The molecule has 0 saturated carbocycles. The van der Waals surface area contributed by atoms with Crippen LogP contribution in [0.25, 0.3) is 0 Å². The van der Waals surface area contributed by atoms with Gasteiger partial charge in [-0.2, -0.15) is 0 Å². The lowest BCUT2D eigenvalue weighted by Gasteiger charge is -2.40. The van der Waals surface area contributed by atoms with Crippen molar-refractivity contribution >= 4 is 17.7 Å². The van der Waals surface area contributed by atoms with Gasteiger partial charge in [0.1, 0.15) is 17.2 Å². The van der Waals surface area contributed by atoms with Crippen LogP contribution < -0.4 is 0 Å². The molecule has 0 bridgehead atoms. The second-order valence-electron chi connectivity index (χ2n) is 7.29. The van der Waals surface area contributed by atoms with Crippen LogP contribution in [0.15, 0.2) is 33.8 Å². The van der Waals surface area contributed by atoms with Gasteiger partial charge < -0.3 is 14.4 Å². The summed E-state index contributed by atoms with van der Waals surface area (Å²) in [7, 11) is 0. The van der Waals surface area contributed by atoms with Crippen LogP contribution in [0.2, 0.25) is 0 Å². The summed E-state index contributed by atoms with van der Waals surface area (Å²) in [5, 5.41) is 1.02. The van der Waals surface area contributed by atoms with Crippen LogP contribution in [0.3, 0.4) is 0 Å². The minimum atomic E-state index is -0.560. The third-order valence-electron chi connectivity index (χ3n) is 5.07. The van der Waals surface area contributed by atoms with Crippen molar-refractivity contribution in [1.82, 2.24) is 9.80 Å². The molecule has 0 aromatic heterocycles. The van der Waals surface area contributed by atoms with Gasteiger partial charge in [0.25, 0.3) is 5.91 Å². The Morgan fingerprint density at radius 1 is 1.25 bits per heavy atom. The average Bonchev–Trinajstić information content (AvgIpc) is 2.99. The largest absolute Gasteiger partial charge is 0.366 e. The van der Waals surface area contributed by atoms with Crippen molar-refractivity contribution in [2.75, 3.05) is 19.6 Å². The molecule has 126 valence electrons. The highest BCUT2D eigenvalue weighted by Crippen LogP contribution is 2.48. The first kappa shape index (κ1) is 14.8. The van der Waals surface area contributed by atoms with Crippen molar-refractivity contribution in [2.24, 2.45) is 0 Å². The van der Waals surface area contributed by atoms with Crippen molar-refractivity contribution in [2.45, 2.75) is 43.7 Å². The molecule has 2 saturated heterocycles. The van der Waals surface area contributed by atoms with E-state index in [1.807, 2.05) is 31.7 Å². The van der Waals surface area contributed by atoms with Gasteiger partial charge in [-0.05, 0) is 32.9 Å². The van der Waals surface area contributed by atoms with Crippen molar-refractivity contribution in [3.63, 3.8) is 0 Å². The molecule has 2 fully saturated rings.